The molecule has 1 saturated carbocycles. The van der Waals surface area contributed by atoms with Crippen molar-refractivity contribution in [3.05, 3.63) is 71.0 Å². The molecule has 2 heteroatoms. The minimum absolute atomic E-state index is 0.176. The van der Waals surface area contributed by atoms with E-state index >= 15 is 0 Å². The van der Waals surface area contributed by atoms with Crippen LogP contribution in [0.3, 0.4) is 0 Å². The van der Waals surface area contributed by atoms with Crippen LogP contribution in [0.5, 0.6) is 0 Å². The summed E-state index contributed by atoms with van der Waals surface area (Å²) in [7, 11) is 0. The van der Waals surface area contributed by atoms with Gasteiger partial charge in [0.2, 0.25) is 0 Å². The maximum atomic E-state index is 13.1. The second-order valence-corrected chi connectivity index (χ2v) is 5.95. The first-order valence-electron chi connectivity index (χ1n) is 6.90. The van der Waals surface area contributed by atoms with Gasteiger partial charge >= 0.3 is 0 Å². The number of benzene rings is 2. The van der Waals surface area contributed by atoms with Gasteiger partial charge < -0.3 is 0 Å². The van der Waals surface area contributed by atoms with Crippen molar-refractivity contribution in [2.75, 3.05) is 6.26 Å². The second kappa shape index (κ2) is 5.84. The lowest BCUT2D eigenvalue weighted by atomic mass is 9.82. The third-order valence-corrected chi connectivity index (χ3v) is 4.57. The molecule has 2 aromatic carbocycles. The lowest BCUT2D eigenvalue weighted by molar-refractivity contribution is 0.627. The smallest absolute Gasteiger partial charge is 0.123 e. The molecule has 0 saturated heterocycles. The molecule has 102 valence electrons. The normalized spacial score (nSPS) is 14.0. The first-order valence-corrected chi connectivity index (χ1v) is 8.13. The van der Waals surface area contributed by atoms with Crippen LogP contribution < -0.4 is 0 Å². The van der Waals surface area contributed by atoms with E-state index in [1.807, 2.05) is 12.1 Å². The Morgan fingerprint density at radius 1 is 0.900 bits per heavy atom. The third-order valence-electron chi connectivity index (χ3n) is 3.82. The topological polar surface area (TPSA) is 0 Å². The molecular weight excluding hydrogens is 267 g/mol. The maximum Gasteiger partial charge on any atom is 0.123 e. The Morgan fingerprint density at radius 3 is 1.90 bits per heavy atom. The Morgan fingerprint density at radius 2 is 1.45 bits per heavy atom. The summed E-state index contributed by atoms with van der Waals surface area (Å²) in [5.41, 5.74) is 5.15. The third kappa shape index (κ3) is 2.66. The number of halogens is 1. The molecule has 0 aliphatic heterocycles. The van der Waals surface area contributed by atoms with Crippen molar-refractivity contribution >= 4 is 17.3 Å². The largest absolute Gasteiger partial charge is 0.207 e. The Balaban J connectivity index is 2.04. The monoisotopic (exact) mass is 284 g/mol. The van der Waals surface area contributed by atoms with Gasteiger partial charge in [0.25, 0.3) is 0 Å². The molecule has 0 heterocycles. The summed E-state index contributed by atoms with van der Waals surface area (Å²) in [4.78, 5) is 1.27. The van der Waals surface area contributed by atoms with E-state index in [0.717, 1.165) is 18.4 Å². The maximum absolute atomic E-state index is 13.1. The number of hydrogen-bond acceptors (Lipinski definition) is 1. The highest BCUT2D eigenvalue weighted by Crippen LogP contribution is 2.37. The van der Waals surface area contributed by atoms with E-state index in [1.165, 1.54) is 28.0 Å². The number of hydrogen-bond donors (Lipinski definition) is 0. The van der Waals surface area contributed by atoms with Crippen molar-refractivity contribution in [1.29, 1.82) is 0 Å². The highest BCUT2D eigenvalue weighted by atomic mass is 32.2. The molecule has 0 atom stereocenters. The number of thioether (sulfide) groups is 1. The second-order valence-electron chi connectivity index (χ2n) is 5.07. The average Bonchev–Trinajstić information content (AvgIpc) is 2.44. The molecule has 2 aromatic rings. The fourth-order valence-corrected chi connectivity index (χ4v) is 2.96. The number of rotatable bonds is 3. The summed E-state index contributed by atoms with van der Waals surface area (Å²) < 4.78 is 13.1. The molecule has 0 aromatic heterocycles. The Labute approximate surface area is 123 Å². The van der Waals surface area contributed by atoms with Crippen LogP contribution in [-0.2, 0) is 0 Å². The predicted molar refractivity (Wildman–Crippen MR) is 84.5 cm³/mol. The molecule has 0 bridgehead atoms. The van der Waals surface area contributed by atoms with Crippen LogP contribution in [0, 0.1) is 5.82 Å². The highest BCUT2D eigenvalue weighted by Gasteiger charge is 2.17. The zero-order valence-corrected chi connectivity index (χ0v) is 12.3. The molecule has 1 aliphatic carbocycles. The molecular formula is C18H17FS. The van der Waals surface area contributed by atoms with E-state index in [1.54, 1.807) is 23.9 Å². The fourth-order valence-electron chi connectivity index (χ4n) is 2.55. The molecule has 0 spiro atoms. The number of allylic oxidation sites excluding steroid dienone is 1. The summed E-state index contributed by atoms with van der Waals surface area (Å²) in [6, 6.07) is 15.5. The van der Waals surface area contributed by atoms with Gasteiger partial charge in [0.05, 0.1) is 0 Å². The summed E-state index contributed by atoms with van der Waals surface area (Å²) >= 11 is 1.75. The van der Waals surface area contributed by atoms with Crippen molar-refractivity contribution < 1.29 is 4.39 Å². The predicted octanol–water partition coefficient (Wildman–Crippen LogP) is 5.53. The van der Waals surface area contributed by atoms with Gasteiger partial charge in [-0.3, -0.25) is 0 Å². The SMILES string of the molecule is CSc1ccc(C(=C2CCC2)c2ccc(F)cc2)cc1. The van der Waals surface area contributed by atoms with E-state index in [2.05, 4.69) is 30.5 Å². The molecule has 0 unspecified atom stereocenters. The molecule has 0 N–H and O–H groups in total. The molecule has 0 nitrogen and oxygen atoms in total. The van der Waals surface area contributed by atoms with Gasteiger partial charge in [-0.2, -0.15) is 0 Å². The minimum atomic E-state index is -0.176. The van der Waals surface area contributed by atoms with Crippen molar-refractivity contribution in [2.24, 2.45) is 0 Å². The standard InChI is InChI=1S/C18H17FS/c1-20-17-11-7-15(8-12-17)18(13-3-2-4-13)14-5-9-16(19)10-6-14/h5-12H,2-4H2,1H3. The van der Waals surface area contributed by atoms with E-state index in [0.29, 0.717) is 0 Å². The van der Waals surface area contributed by atoms with Gasteiger partial charge in [-0.15, -0.1) is 11.8 Å². The van der Waals surface area contributed by atoms with Gasteiger partial charge in [-0.25, -0.2) is 4.39 Å². The van der Waals surface area contributed by atoms with Crippen molar-refractivity contribution in [3.8, 4) is 0 Å². The van der Waals surface area contributed by atoms with Gasteiger partial charge in [0, 0.05) is 4.90 Å². The fraction of sp³-hybridized carbons (Fsp3) is 0.222. The Bertz CT molecular complexity index is 617. The van der Waals surface area contributed by atoms with E-state index in [-0.39, 0.29) is 5.82 Å². The Kier molecular flexibility index (Phi) is 3.93. The first kappa shape index (κ1) is 13.4. The zero-order chi connectivity index (χ0) is 13.9. The quantitative estimate of drug-likeness (QED) is 0.667. The van der Waals surface area contributed by atoms with E-state index < -0.39 is 0 Å². The summed E-state index contributed by atoms with van der Waals surface area (Å²) in [5.74, 6) is -0.176. The van der Waals surface area contributed by atoms with Crippen LogP contribution in [0.4, 0.5) is 4.39 Å². The van der Waals surface area contributed by atoms with Crippen molar-refractivity contribution in [3.63, 3.8) is 0 Å². The van der Waals surface area contributed by atoms with Crippen molar-refractivity contribution in [2.45, 2.75) is 24.2 Å². The van der Waals surface area contributed by atoms with Crippen LogP contribution in [0.15, 0.2) is 59.0 Å². The van der Waals surface area contributed by atoms with Crippen LogP contribution in [0.25, 0.3) is 5.57 Å². The molecule has 1 aliphatic rings. The van der Waals surface area contributed by atoms with Gasteiger partial charge in [0.1, 0.15) is 5.82 Å². The first-order chi connectivity index (χ1) is 9.78. The van der Waals surface area contributed by atoms with E-state index in [9.17, 15) is 4.39 Å². The average molecular weight is 284 g/mol. The summed E-state index contributed by atoms with van der Waals surface area (Å²) in [5, 5.41) is 0. The molecule has 0 radical (unpaired) electrons. The molecule has 0 amide bonds. The van der Waals surface area contributed by atoms with E-state index in [4.69, 9.17) is 0 Å². The molecule has 3 rings (SSSR count). The zero-order valence-electron chi connectivity index (χ0n) is 11.5. The van der Waals surface area contributed by atoms with Crippen LogP contribution in [0.2, 0.25) is 0 Å². The van der Waals surface area contributed by atoms with Crippen LogP contribution >= 0.6 is 11.8 Å². The molecule has 20 heavy (non-hydrogen) atoms. The lowest BCUT2D eigenvalue weighted by Gasteiger charge is -2.23. The van der Waals surface area contributed by atoms with Gasteiger partial charge in [-0.05, 0) is 66.5 Å². The van der Waals surface area contributed by atoms with Gasteiger partial charge in [0.15, 0.2) is 0 Å². The summed E-state index contributed by atoms with van der Waals surface area (Å²) in [6.45, 7) is 0. The highest BCUT2D eigenvalue weighted by molar-refractivity contribution is 7.98. The molecule has 1 fully saturated rings. The van der Waals surface area contributed by atoms with Crippen molar-refractivity contribution in [1.82, 2.24) is 0 Å². The van der Waals surface area contributed by atoms with Crippen LogP contribution in [-0.4, -0.2) is 6.26 Å². The minimum Gasteiger partial charge on any atom is -0.207 e. The Hall–Kier alpha value is -1.54. The van der Waals surface area contributed by atoms with Crippen LogP contribution in [0.1, 0.15) is 30.4 Å². The lowest BCUT2D eigenvalue weighted by Crippen LogP contribution is -2.03. The summed E-state index contributed by atoms with van der Waals surface area (Å²) in [6.07, 6.45) is 5.68. The van der Waals surface area contributed by atoms with Gasteiger partial charge in [-0.1, -0.05) is 29.8 Å².